The summed E-state index contributed by atoms with van der Waals surface area (Å²) in [6.45, 7) is 4.19. The fourth-order valence-corrected chi connectivity index (χ4v) is 2.94. The minimum atomic E-state index is 0.609. The first kappa shape index (κ1) is 10.4. The Morgan fingerprint density at radius 3 is 2.93 bits per heavy atom. The molecule has 0 aliphatic carbocycles. The Hall–Kier alpha value is -0.0900. The first-order chi connectivity index (χ1) is 6.66. The Kier molecular flexibility index (Phi) is 3.12. The van der Waals surface area contributed by atoms with E-state index in [4.69, 9.17) is 0 Å². The predicted molar refractivity (Wildman–Crippen MR) is 66.2 cm³/mol. The van der Waals surface area contributed by atoms with Crippen LogP contribution in [0.25, 0.3) is 0 Å². The van der Waals surface area contributed by atoms with Crippen molar-refractivity contribution >= 4 is 37.7 Å². The van der Waals surface area contributed by atoms with E-state index in [2.05, 4.69) is 54.7 Å². The molecule has 0 bridgehead atoms. The van der Waals surface area contributed by atoms with Crippen molar-refractivity contribution < 1.29 is 0 Å². The van der Waals surface area contributed by atoms with Gasteiger partial charge in [0.25, 0.3) is 0 Å². The topological polar surface area (TPSA) is 16.1 Å². The van der Waals surface area contributed by atoms with Crippen LogP contribution >= 0.6 is 31.9 Å². The van der Waals surface area contributed by atoms with Gasteiger partial charge in [-0.1, -0.05) is 15.9 Å². The highest BCUT2D eigenvalue weighted by atomic mass is 79.9. The largest absolute Gasteiger partial charge is 0.355 e. The summed E-state index contributed by atoms with van der Waals surface area (Å²) in [6.07, 6.45) is 3.11. The molecular weight excluding hydrogens is 308 g/mol. The molecule has 1 unspecified atom stereocenters. The molecule has 1 fully saturated rings. The number of hydrogen-bond donors (Lipinski definition) is 0. The van der Waals surface area contributed by atoms with E-state index >= 15 is 0 Å². The van der Waals surface area contributed by atoms with E-state index in [1.807, 2.05) is 6.20 Å². The quantitative estimate of drug-likeness (QED) is 0.739. The van der Waals surface area contributed by atoms with Crippen molar-refractivity contribution in [1.29, 1.82) is 0 Å². The van der Waals surface area contributed by atoms with Gasteiger partial charge in [0.15, 0.2) is 0 Å². The summed E-state index contributed by atoms with van der Waals surface area (Å²) in [5.41, 5.74) is 1.19. The first-order valence-electron chi connectivity index (χ1n) is 4.68. The summed E-state index contributed by atoms with van der Waals surface area (Å²) in [5.74, 6) is 1.07. The van der Waals surface area contributed by atoms with Gasteiger partial charge < -0.3 is 4.90 Å². The maximum absolute atomic E-state index is 4.45. The van der Waals surface area contributed by atoms with Gasteiger partial charge in [-0.05, 0) is 40.9 Å². The lowest BCUT2D eigenvalue weighted by molar-refractivity contribution is 0.931. The second kappa shape index (κ2) is 4.19. The highest BCUT2D eigenvalue weighted by molar-refractivity contribution is 9.10. The van der Waals surface area contributed by atoms with Gasteiger partial charge in [-0.3, -0.25) is 0 Å². The molecule has 4 heteroatoms. The summed E-state index contributed by atoms with van der Waals surface area (Å²) in [6, 6.07) is 2.11. The molecule has 1 aromatic heterocycles. The Balaban J connectivity index is 2.24. The fraction of sp³-hybridized carbons (Fsp3) is 0.500. The third kappa shape index (κ3) is 2.11. The number of aryl methyl sites for hydroxylation is 1. The van der Waals surface area contributed by atoms with E-state index in [9.17, 15) is 0 Å². The molecule has 1 atom stereocenters. The lowest BCUT2D eigenvalue weighted by Crippen LogP contribution is -2.21. The van der Waals surface area contributed by atoms with Gasteiger partial charge in [0.05, 0.1) is 4.47 Å². The van der Waals surface area contributed by atoms with Crippen molar-refractivity contribution in [3.8, 4) is 0 Å². The zero-order chi connectivity index (χ0) is 10.1. The molecule has 2 heterocycles. The van der Waals surface area contributed by atoms with E-state index in [-0.39, 0.29) is 0 Å². The molecule has 2 nitrogen and oxygen atoms in total. The highest BCUT2D eigenvalue weighted by Gasteiger charge is 2.22. The Bertz CT molecular complexity index is 341. The molecule has 14 heavy (non-hydrogen) atoms. The smallest absolute Gasteiger partial charge is 0.142 e. The molecule has 1 saturated heterocycles. The molecule has 1 aliphatic heterocycles. The number of hydrogen-bond acceptors (Lipinski definition) is 2. The van der Waals surface area contributed by atoms with E-state index in [1.165, 1.54) is 12.0 Å². The van der Waals surface area contributed by atoms with E-state index in [0.29, 0.717) is 4.83 Å². The maximum atomic E-state index is 4.45. The zero-order valence-electron chi connectivity index (χ0n) is 8.00. The molecular formula is C10H12Br2N2. The average molecular weight is 320 g/mol. The molecule has 1 aliphatic rings. The monoisotopic (exact) mass is 318 g/mol. The number of aromatic nitrogens is 1. The lowest BCUT2D eigenvalue weighted by Gasteiger charge is -2.18. The van der Waals surface area contributed by atoms with Gasteiger partial charge >= 0.3 is 0 Å². The normalized spacial score (nSPS) is 21.6. The zero-order valence-corrected chi connectivity index (χ0v) is 11.2. The molecule has 0 amide bonds. The summed E-state index contributed by atoms with van der Waals surface area (Å²) >= 11 is 7.19. The number of nitrogens with zero attached hydrogens (tertiary/aromatic N) is 2. The van der Waals surface area contributed by atoms with Crippen LogP contribution in [-0.2, 0) is 0 Å². The summed E-state index contributed by atoms with van der Waals surface area (Å²) in [4.78, 5) is 7.37. The van der Waals surface area contributed by atoms with Crippen molar-refractivity contribution in [1.82, 2.24) is 4.98 Å². The maximum Gasteiger partial charge on any atom is 0.142 e. The predicted octanol–water partition coefficient (Wildman–Crippen LogP) is 3.13. The number of alkyl halides is 1. The Morgan fingerprint density at radius 2 is 2.36 bits per heavy atom. The molecule has 0 saturated carbocycles. The molecule has 0 N–H and O–H groups in total. The molecule has 1 aromatic rings. The fourth-order valence-electron chi connectivity index (χ4n) is 1.67. The van der Waals surface area contributed by atoms with Gasteiger partial charge in [0.1, 0.15) is 5.82 Å². The van der Waals surface area contributed by atoms with E-state index in [1.54, 1.807) is 0 Å². The third-order valence-electron chi connectivity index (χ3n) is 2.39. The van der Waals surface area contributed by atoms with Crippen LogP contribution in [0.1, 0.15) is 12.0 Å². The number of halogens is 2. The summed E-state index contributed by atoms with van der Waals surface area (Å²) < 4.78 is 1.10. The van der Waals surface area contributed by atoms with Crippen LogP contribution in [0.15, 0.2) is 16.7 Å². The van der Waals surface area contributed by atoms with Crippen LogP contribution < -0.4 is 4.90 Å². The van der Waals surface area contributed by atoms with Gasteiger partial charge in [-0.25, -0.2) is 4.98 Å². The minimum Gasteiger partial charge on any atom is -0.355 e. The molecule has 0 aromatic carbocycles. The van der Waals surface area contributed by atoms with Crippen LogP contribution in [0.5, 0.6) is 0 Å². The van der Waals surface area contributed by atoms with Crippen molar-refractivity contribution in [3.63, 3.8) is 0 Å². The van der Waals surface area contributed by atoms with Crippen molar-refractivity contribution in [2.24, 2.45) is 0 Å². The third-order valence-corrected chi connectivity index (χ3v) is 3.72. The molecule has 0 spiro atoms. The number of rotatable bonds is 1. The average Bonchev–Trinajstić information content (AvgIpc) is 2.51. The van der Waals surface area contributed by atoms with Crippen molar-refractivity contribution in [3.05, 3.63) is 22.3 Å². The second-order valence-electron chi connectivity index (χ2n) is 3.65. The van der Waals surface area contributed by atoms with Gasteiger partial charge in [0, 0.05) is 24.1 Å². The van der Waals surface area contributed by atoms with Crippen LogP contribution in [0.3, 0.4) is 0 Å². The number of pyridine rings is 1. The lowest BCUT2D eigenvalue weighted by atomic mass is 10.3. The minimum absolute atomic E-state index is 0.609. The van der Waals surface area contributed by atoms with Gasteiger partial charge in [-0.2, -0.15) is 0 Å². The van der Waals surface area contributed by atoms with E-state index < -0.39 is 0 Å². The molecule has 2 rings (SSSR count). The molecule has 0 radical (unpaired) electrons. The van der Waals surface area contributed by atoms with Crippen molar-refractivity contribution in [2.45, 2.75) is 18.2 Å². The van der Waals surface area contributed by atoms with Gasteiger partial charge in [0.2, 0.25) is 0 Å². The van der Waals surface area contributed by atoms with Crippen LogP contribution in [0, 0.1) is 6.92 Å². The Morgan fingerprint density at radius 1 is 1.57 bits per heavy atom. The second-order valence-corrected chi connectivity index (χ2v) is 5.80. The van der Waals surface area contributed by atoms with Crippen LogP contribution in [0.2, 0.25) is 0 Å². The van der Waals surface area contributed by atoms with Crippen LogP contribution in [0.4, 0.5) is 5.82 Å². The van der Waals surface area contributed by atoms with E-state index in [0.717, 1.165) is 23.4 Å². The first-order valence-corrected chi connectivity index (χ1v) is 6.39. The van der Waals surface area contributed by atoms with Crippen molar-refractivity contribution in [2.75, 3.05) is 18.0 Å². The SMILES string of the molecule is Cc1cnc(N2CCC(Br)C2)c(Br)c1. The summed E-state index contributed by atoms with van der Waals surface area (Å²) in [7, 11) is 0. The summed E-state index contributed by atoms with van der Waals surface area (Å²) in [5, 5.41) is 0. The standard InChI is InChI=1S/C10H12Br2N2/c1-7-4-9(12)10(13-5-7)14-3-2-8(11)6-14/h4-5,8H,2-3,6H2,1H3. The van der Waals surface area contributed by atoms with Crippen LogP contribution in [-0.4, -0.2) is 22.9 Å². The Labute approximate surface area is 101 Å². The van der Waals surface area contributed by atoms with Gasteiger partial charge in [-0.15, -0.1) is 0 Å². The molecule has 76 valence electrons. The number of anilines is 1. The highest BCUT2D eigenvalue weighted by Crippen LogP contribution is 2.29.